The number of allylic oxidation sites excluding steroid dienone is 3. The van der Waals surface area contributed by atoms with Crippen molar-refractivity contribution in [3.63, 3.8) is 0 Å². The van der Waals surface area contributed by atoms with Gasteiger partial charge in [-0.2, -0.15) is 8.42 Å². The first-order chi connectivity index (χ1) is 7.41. The molecule has 0 aliphatic heterocycles. The molecule has 16 heavy (non-hydrogen) atoms. The van der Waals surface area contributed by atoms with Gasteiger partial charge >= 0.3 is 5.97 Å². The van der Waals surface area contributed by atoms with Gasteiger partial charge in [-0.3, -0.25) is 4.79 Å². The molecule has 0 fully saturated rings. The third-order valence-electron chi connectivity index (χ3n) is 2.15. The van der Waals surface area contributed by atoms with Gasteiger partial charge in [0.05, 0.1) is 0 Å². The average Bonchev–Trinajstić information content (AvgIpc) is 2.20. The molecule has 6 nitrogen and oxygen atoms in total. The monoisotopic (exact) mass is 245 g/mol. The minimum Gasteiger partial charge on any atom is -0.507 e. The Balaban J connectivity index is 2.88. The molecule has 0 heterocycles. The normalized spacial score (nSPS) is 17.4. The fourth-order valence-corrected chi connectivity index (χ4v) is 1.84. The molecule has 1 aliphatic carbocycles. The first-order valence-electron chi connectivity index (χ1n) is 4.44. The van der Waals surface area contributed by atoms with E-state index in [1.807, 2.05) is 0 Å². The first-order valence-corrected chi connectivity index (χ1v) is 5.52. The average molecular weight is 245 g/mol. The maximum atomic E-state index is 10.7. The lowest BCUT2D eigenvalue weighted by molar-refractivity contribution is -0.138. The van der Waals surface area contributed by atoms with Gasteiger partial charge in [-0.25, -0.2) is 0 Å². The largest absolute Gasteiger partial charge is 0.507 e. The van der Waals surface area contributed by atoms with Crippen molar-refractivity contribution in [1.82, 2.24) is 0 Å². The van der Waals surface area contributed by atoms with Gasteiger partial charge in [-0.05, 0) is 12.5 Å². The Kier molecular flexibility index (Phi) is 3.86. The Labute approximate surface area is 93.2 Å². The highest BCUT2D eigenvalue weighted by Gasteiger charge is 2.19. The fraction of sp³-hybridized carbons (Fsp3) is 0.333. The molecule has 0 saturated heterocycles. The van der Waals surface area contributed by atoms with Gasteiger partial charge in [0.1, 0.15) is 16.7 Å². The molecular weight excluding hydrogens is 234 g/mol. The van der Waals surface area contributed by atoms with E-state index in [2.05, 4.69) is 0 Å². The Bertz CT molecular complexity index is 492. The zero-order valence-corrected chi connectivity index (χ0v) is 9.07. The number of carboxylic acids is 1. The van der Waals surface area contributed by atoms with Crippen molar-refractivity contribution >= 4 is 21.1 Å². The van der Waals surface area contributed by atoms with E-state index in [-0.39, 0.29) is 23.5 Å². The standard InChI is InChI=1S/C9H11NO5S/c10-6(9(12)13)3-5-1-2-7(11)8(4-5)16(14)15/h1-2,6,11H,3-4,10H2,(H,12,13)/t6-/m0/s1. The molecule has 0 spiro atoms. The van der Waals surface area contributed by atoms with Crippen LogP contribution >= 0.6 is 0 Å². The van der Waals surface area contributed by atoms with Crippen molar-refractivity contribution in [2.24, 2.45) is 5.73 Å². The van der Waals surface area contributed by atoms with Gasteiger partial charge in [-0.1, -0.05) is 11.6 Å². The maximum Gasteiger partial charge on any atom is 0.320 e. The number of nitrogens with two attached hydrogens (primary N) is 1. The van der Waals surface area contributed by atoms with Crippen molar-refractivity contribution in [2.75, 3.05) is 0 Å². The number of rotatable bonds is 3. The second kappa shape index (κ2) is 4.95. The second-order valence-corrected chi connectivity index (χ2v) is 4.32. The summed E-state index contributed by atoms with van der Waals surface area (Å²) >= 11 is 0. The van der Waals surface area contributed by atoms with Crippen LogP contribution in [0.15, 0.2) is 23.5 Å². The molecule has 1 rings (SSSR count). The number of aliphatic carboxylic acids is 1. The number of carbonyl (C=O) groups is 1. The van der Waals surface area contributed by atoms with Crippen LogP contribution in [0.2, 0.25) is 0 Å². The van der Waals surface area contributed by atoms with Crippen molar-refractivity contribution < 1.29 is 23.4 Å². The van der Waals surface area contributed by atoms with Crippen molar-refractivity contribution in [1.29, 1.82) is 0 Å². The lowest BCUT2D eigenvalue weighted by atomic mass is 9.97. The van der Waals surface area contributed by atoms with E-state index in [4.69, 9.17) is 10.8 Å². The van der Waals surface area contributed by atoms with E-state index in [1.54, 1.807) is 0 Å². The van der Waals surface area contributed by atoms with Gasteiger partial charge in [0.25, 0.3) is 0 Å². The Morgan fingerprint density at radius 2 is 2.12 bits per heavy atom. The molecule has 0 unspecified atom stereocenters. The third kappa shape index (κ3) is 2.94. The van der Waals surface area contributed by atoms with Crippen molar-refractivity contribution in [3.8, 4) is 0 Å². The molecule has 7 heteroatoms. The number of aliphatic hydroxyl groups is 1. The maximum absolute atomic E-state index is 10.7. The SMILES string of the molecule is N[C@@H](CC1=CC=C(O)C(=S(=O)=O)C1)C(=O)O. The lowest BCUT2D eigenvalue weighted by Gasteiger charge is -2.13. The van der Waals surface area contributed by atoms with Crippen LogP contribution in [0.4, 0.5) is 0 Å². The zero-order valence-electron chi connectivity index (χ0n) is 8.25. The molecule has 0 aromatic heterocycles. The number of aliphatic hydroxyl groups excluding tert-OH is 1. The van der Waals surface area contributed by atoms with Gasteiger partial charge in [0.2, 0.25) is 10.3 Å². The highest BCUT2D eigenvalue weighted by Crippen LogP contribution is 2.18. The van der Waals surface area contributed by atoms with Crippen LogP contribution in [0.5, 0.6) is 0 Å². The van der Waals surface area contributed by atoms with E-state index in [0.29, 0.717) is 5.57 Å². The summed E-state index contributed by atoms with van der Waals surface area (Å²) in [4.78, 5) is 10.4. The molecule has 0 amide bonds. The third-order valence-corrected chi connectivity index (χ3v) is 2.91. The van der Waals surface area contributed by atoms with Crippen molar-refractivity contribution in [2.45, 2.75) is 18.9 Å². The molecule has 0 radical (unpaired) electrons. The second-order valence-electron chi connectivity index (χ2n) is 3.36. The highest BCUT2D eigenvalue weighted by molar-refractivity contribution is 7.73. The van der Waals surface area contributed by atoms with Crippen LogP contribution in [-0.4, -0.2) is 35.5 Å². The van der Waals surface area contributed by atoms with Crippen LogP contribution in [0.25, 0.3) is 0 Å². The summed E-state index contributed by atoms with van der Waals surface area (Å²) in [7, 11) is -2.51. The fourth-order valence-electron chi connectivity index (χ4n) is 1.30. The van der Waals surface area contributed by atoms with E-state index < -0.39 is 22.3 Å². The predicted octanol–water partition coefficient (Wildman–Crippen LogP) is -0.388. The Hall–Kier alpha value is -1.60. The molecule has 1 aliphatic rings. The number of carboxylic acid groups (broad SMARTS) is 1. The smallest absolute Gasteiger partial charge is 0.320 e. The number of hydrogen-bond donors (Lipinski definition) is 3. The molecule has 0 saturated carbocycles. The summed E-state index contributed by atoms with van der Waals surface area (Å²) < 4.78 is 21.4. The van der Waals surface area contributed by atoms with Crippen molar-refractivity contribution in [3.05, 3.63) is 23.5 Å². The van der Waals surface area contributed by atoms with Gasteiger partial charge in [-0.15, -0.1) is 0 Å². The van der Waals surface area contributed by atoms with E-state index >= 15 is 0 Å². The molecule has 0 aromatic rings. The Morgan fingerprint density at radius 1 is 1.50 bits per heavy atom. The molecule has 0 bridgehead atoms. The van der Waals surface area contributed by atoms with E-state index in [0.717, 1.165) is 0 Å². The quantitative estimate of drug-likeness (QED) is 0.583. The summed E-state index contributed by atoms with van der Waals surface area (Å²) in [5.74, 6) is -1.47. The van der Waals surface area contributed by atoms with Gasteiger partial charge < -0.3 is 15.9 Å². The van der Waals surface area contributed by atoms with Gasteiger partial charge in [0, 0.05) is 6.42 Å². The van der Waals surface area contributed by atoms with Crippen LogP contribution in [0, 0.1) is 0 Å². The van der Waals surface area contributed by atoms with Crippen LogP contribution < -0.4 is 5.73 Å². The Morgan fingerprint density at radius 3 is 2.62 bits per heavy atom. The molecular formula is C9H11NO5S. The van der Waals surface area contributed by atoms with Gasteiger partial charge in [0.15, 0.2) is 0 Å². The van der Waals surface area contributed by atoms with Crippen LogP contribution in [0.1, 0.15) is 12.8 Å². The summed E-state index contributed by atoms with van der Waals surface area (Å²) in [6.45, 7) is 0. The molecule has 88 valence electrons. The summed E-state index contributed by atoms with van der Waals surface area (Å²) in [5, 5.41) is 17.8. The highest BCUT2D eigenvalue weighted by atomic mass is 32.2. The predicted molar refractivity (Wildman–Crippen MR) is 57.6 cm³/mol. The minimum absolute atomic E-state index is 0.000571. The van der Waals surface area contributed by atoms with Crippen LogP contribution in [-0.2, 0) is 15.1 Å². The summed E-state index contributed by atoms with van der Waals surface area (Å²) in [6.07, 6.45) is 2.76. The lowest BCUT2D eigenvalue weighted by Crippen LogP contribution is -2.31. The topological polar surface area (TPSA) is 118 Å². The minimum atomic E-state index is -2.51. The first kappa shape index (κ1) is 12.5. The summed E-state index contributed by atoms with van der Waals surface area (Å²) in [5.41, 5.74) is 5.88. The number of hydrogen-bond acceptors (Lipinski definition) is 5. The molecule has 1 atom stereocenters. The van der Waals surface area contributed by atoms with E-state index in [9.17, 15) is 18.3 Å². The van der Waals surface area contributed by atoms with Crippen LogP contribution in [0.3, 0.4) is 0 Å². The molecule has 4 N–H and O–H groups in total. The zero-order chi connectivity index (χ0) is 12.3. The summed E-state index contributed by atoms with van der Waals surface area (Å²) in [6, 6.07) is -1.07. The molecule has 0 aromatic carbocycles. The van der Waals surface area contributed by atoms with E-state index in [1.165, 1.54) is 12.2 Å².